The molecule has 15 rings (SSSR count). The molecule has 5 nitrogen and oxygen atoms in total. The van der Waals surface area contributed by atoms with E-state index in [1.807, 2.05) is 24.0 Å². The Labute approximate surface area is 525 Å². The van der Waals surface area contributed by atoms with Crippen LogP contribution in [0.2, 0.25) is 0 Å². The third kappa shape index (κ3) is 8.91. The fourth-order valence-electron chi connectivity index (χ4n) is 13.5. The molecule has 1 aliphatic heterocycles. The predicted octanol–water partition coefficient (Wildman–Crippen LogP) is 20.7. The first-order chi connectivity index (χ1) is 41.8. The number of pyridine rings is 1. The Hall–Kier alpha value is -8.54. The minimum absolute atomic E-state index is 0.0753. The number of rotatable bonds is 7. The first-order valence-electron chi connectivity index (χ1n) is 30.1. The van der Waals surface area contributed by atoms with Crippen molar-refractivity contribution in [2.24, 2.45) is 0 Å². The molecule has 0 atom stereocenters. The number of imidazole rings is 1. The SMILES string of the molecule is Cc1ccnc(-n2c3[c-]c(Oc4[c-]c(-n5[c](=[Pt])n(-c6c(-c7ccccc7)cc(C(C)(C)C)cc6-c6cc(C(C)(C)C)cc(C(C)(C)C)c6)c6ccccc65)ccc4)ccc3c3cc4c(cc32)C2(c3ccccc3Sc3ccccc32)c2ccccc2-4)c1. The van der Waals surface area contributed by atoms with E-state index in [4.69, 9.17) is 9.72 Å². The van der Waals surface area contributed by atoms with Crippen molar-refractivity contribution in [2.45, 2.75) is 101 Å². The molecule has 1 spiro atoms. The average molecular weight is 1330 g/mol. The molecule has 3 aromatic heterocycles. The Morgan fingerprint density at radius 2 is 1.03 bits per heavy atom. The number of aryl methyl sites for hydroxylation is 1. The van der Waals surface area contributed by atoms with Gasteiger partial charge in [-0.05, 0) is 64.1 Å². The molecule has 7 heteroatoms. The maximum atomic E-state index is 7.00. The van der Waals surface area contributed by atoms with Gasteiger partial charge in [0.25, 0.3) is 0 Å². The van der Waals surface area contributed by atoms with E-state index < -0.39 is 5.41 Å². The summed E-state index contributed by atoms with van der Waals surface area (Å²) in [5.74, 6) is 1.99. The number of ether oxygens (including phenoxy) is 1. The molecule has 2 aliphatic rings. The molecule has 1 aliphatic carbocycles. The van der Waals surface area contributed by atoms with Gasteiger partial charge >= 0.3 is 371 Å². The number of nitrogens with zero attached hydrogens (tertiary/aromatic N) is 4. The summed E-state index contributed by atoms with van der Waals surface area (Å²) in [6.07, 6.45) is 1.91. The number of benzene rings is 10. The summed E-state index contributed by atoms with van der Waals surface area (Å²) in [6.45, 7) is 23.1. The van der Waals surface area contributed by atoms with E-state index in [1.165, 1.54) is 76.6 Å². The zero-order valence-electron chi connectivity index (χ0n) is 50.7. The number of hydrogen-bond donors (Lipinski definition) is 0. The molecule has 0 saturated carbocycles. The molecule has 87 heavy (non-hydrogen) atoms. The van der Waals surface area contributed by atoms with E-state index in [1.54, 1.807) is 0 Å². The van der Waals surface area contributed by atoms with Crippen molar-refractivity contribution in [3.8, 4) is 62.1 Å². The zero-order chi connectivity index (χ0) is 59.9. The number of fused-ring (bicyclic) bond motifs is 13. The van der Waals surface area contributed by atoms with Crippen LogP contribution in [0.4, 0.5) is 0 Å². The third-order valence-electron chi connectivity index (χ3n) is 17.9. The maximum absolute atomic E-state index is 7.00. The molecular formula is C80H66N4OPtS-2. The van der Waals surface area contributed by atoms with Crippen LogP contribution in [0.5, 0.6) is 11.5 Å². The molecular weight excluding hydrogens is 1260 g/mol. The Morgan fingerprint density at radius 1 is 0.448 bits per heavy atom. The number of aromatic nitrogens is 4. The second-order valence-corrected chi connectivity index (χ2v) is 28.8. The van der Waals surface area contributed by atoms with E-state index in [-0.39, 0.29) is 16.2 Å². The predicted molar refractivity (Wildman–Crippen MR) is 355 cm³/mol. The van der Waals surface area contributed by atoms with Gasteiger partial charge in [0, 0.05) is 16.0 Å². The molecule has 10 aromatic carbocycles. The molecule has 0 unspecified atom stereocenters. The van der Waals surface area contributed by atoms with Crippen LogP contribution in [-0.2, 0) is 41.0 Å². The van der Waals surface area contributed by atoms with E-state index in [2.05, 4.69) is 321 Å². The zero-order valence-corrected chi connectivity index (χ0v) is 53.8. The van der Waals surface area contributed by atoms with Gasteiger partial charge in [-0.2, -0.15) is 0 Å². The van der Waals surface area contributed by atoms with Crippen molar-refractivity contribution in [3.05, 3.63) is 279 Å². The minimum atomic E-state index is -0.529. The summed E-state index contributed by atoms with van der Waals surface area (Å²) < 4.78 is 15.1. The Morgan fingerprint density at radius 3 is 1.70 bits per heavy atom. The van der Waals surface area contributed by atoms with Gasteiger partial charge in [-0.15, -0.1) is 0 Å². The van der Waals surface area contributed by atoms with E-state index >= 15 is 0 Å². The fourth-order valence-corrected chi connectivity index (χ4v) is 15.8. The van der Waals surface area contributed by atoms with Gasteiger partial charge in [0.05, 0.1) is 5.41 Å². The molecule has 0 N–H and O–H groups in total. The topological polar surface area (TPSA) is 36.9 Å². The molecule has 430 valence electrons. The van der Waals surface area contributed by atoms with E-state index in [9.17, 15) is 0 Å². The van der Waals surface area contributed by atoms with Crippen molar-refractivity contribution < 1.29 is 24.1 Å². The molecule has 0 radical (unpaired) electrons. The van der Waals surface area contributed by atoms with Crippen LogP contribution in [0.25, 0.3) is 83.4 Å². The first kappa shape index (κ1) is 55.1. The second-order valence-electron chi connectivity index (χ2n) is 26.7. The minimum Gasteiger partial charge on any atom is -0.0894 e. The van der Waals surface area contributed by atoms with Gasteiger partial charge < -0.3 is 0 Å². The van der Waals surface area contributed by atoms with E-state index in [0.29, 0.717) is 11.5 Å². The van der Waals surface area contributed by atoms with Gasteiger partial charge in [0.1, 0.15) is 0 Å². The van der Waals surface area contributed by atoms with Gasteiger partial charge in [-0.25, -0.2) is 0 Å². The van der Waals surface area contributed by atoms with Crippen LogP contribution in [0.15, 0.2) is 228 Å². The monoisotopic (exact) mass is 1330 g/mol. The smallest absolute Gasteiger partial charge is 0.0894 e. The van der Waals surface area contributed by atoms with Gasteiger partial charge in [-0.1, -0.05) is 72.4 Å². The van der Waals surface area contributed by atoms with Crippen LogP contribution in [0.3, 0.4) is 0 Å². The van der Waals surface area contributed by atoms with Crippen LogP contribution in [-0.4, -0.2) is 18.7 Å². The van der Waals surface area contributed by atoms with Crippen LogP contribution < -0.4 is 4.74 Å². The van der Waals surface area contributed by atoms with Crippen molar-refractivity contribution >= 4 is 44.6 Å². The fraction of sp³-hybridized carbons (Fsp3) is 0.175. The Kier molecular flexibility index (Phi) is 12.8. The summed E-state index contributed by atoms with van der Waals surface area (Å²) in [5, 5.41) is 2.20. The summed E-state index contributed by atoms with van der Waals surface area (Å²) >= 11 is 4.42. The quantitative estimate of drug-likeness (QED) is 0.149. The van der Waals surface area contributed by atoms with Crippen molar-refractivity contribution in [3.63, 3.8) is 0 Å². The first-order valence-corrected chi connectivity index (χ1v) is 32.0. The summed E-state index contributed by atoms with van der Waals surface area (Å²) in [6, 6.07) is 86.1. The van der Waals surface area contributed by atoms with Crippen LogP contribution in [0, 0.1) is 22.9 Å². The Bertz CT molecular complexity index is 4960. The summed E-state index contributed by atoms with van der Waals surface area (Å²) in [5.41, 5.74) is 22.7. The van der Waals surface area contributed by atoms with Crippen molar-refractivity contribution in [2.75, 3.05) is 0 Å². The molecule has 0 amide bonds. The van der Waals surface area contributed by atoms with Gasteiger partial charge in [0.15, 0.2) is 0 Å². The van der Waals surface area contributed by atoms with E-state index in [0.717, 1.165) is 65.0 Å². The van der Waals surface area contributed by atoms with Crippen LogP contribution >= 0.6 is 11.8 Å². The normalized spacial score (nSPS) is 13.5. The molecule has 13 aromatic rings. The molecule has 4 heterocycles. The molecule has 0 fully saturated rings. The standard InChI is InChI=1S/C80H66N4OS.Pt/c1-50-37-38-81-75(39-50)84-71-46-58(35-36-60(71)64-47-63-59-27-14-15-28-65(59)80(68(63)48-72(64)84)66-29-16-20-33-73(66)86-74-34-21-17-30-67(74)80)85-57-26-22-25-56(45-57)82-49-83(70-32-19-18-31-69(70)82)76-61(51-23-12-11-13-24-51)43-55(79(8,9)10)44-62(76)52-40-53(77(2,3)4)42-54(41-52)78(5,6)7;/h11-44,47-48H,1-10H3;/q-2;. The van der Waals surface area contributed by atoms with Crippen LogP contribution in [0.1, 0.15) is 107 Å². The third-order valence-corrected chi connectivity index (χ3v) is 20.1. The second kappa shape index (κ2) is 20.3. The Balaban J connectivity index is 0.904. The van der Waals surface area contributed by atoms with Crippen molar-refractivity contribution in [1.29, 1.82) is 0 Å². The molecule has 0 bridgehead atoms. The number of hydrogen-bond acceptors (Lipinski definition) is 3. The summed E-state index contributed by atoms with van der Waals surface area (Å²) in [4.78, 5) is 7.64. The average Bonchev–Trinajstić information content (AvgIpc) is 1.55. The molecule has 0 saturated heterocycles. The van der Waals surface area contributed by atoms with Gasteiger partial charge in [0.2, 0.25) is 0 Å². The van der Waals surface area contributed by atoms with Crippen molar-refractivity contribution in [1.82, 2.24) is 18.7 Å². The summed E-state index contributed by atoms with van der Waals surface area (Å²) in [7, 11) is 0. The van der Waals surface area contributed by atoms with Gasteiger partial charge in [-0.3, -0.25) is 0 Å². The number of para-hydroxylation sites is 2.